The third-order valence-corrected chi connectivity index (χ3v) is 3.66. The molecule has 114 valence electrons. The fourth-order valence-corrected chi connectivity index (χ4v) is 2.45. The highest BCUT2D eigenvalue weighted by atomic mass is 16.7. The number of carboxylic acids is 1. The van der Waals surface area contributed by atoms with E-state index < -0.39 is 5.97 Å². The lowest BCUT2D eigenvalue weighted by molar-refractivity contribution is 0.0697. The minimum atomic E-state index is -0.941. The van der Waals surface area contributed by atoms with Gasteiger partial charge in [-0.2, -0.15) is 0 Å². The zero-order valence-corrected chi connectivity index (χ0v) is 12.0. The topological polar surface area (TPSA) is 73.6 Å². The zero-order valence-electron chi connectivity index (χ0n) is 12.0. The van der Waals surface area contributed by atoms with Crippen LogP contribution in [0.3, 0.4) is 0 Å². The molecule has 6 heteroatoms. The fraction of sp³-hybridized carbons (Fsp3) is 0.0588. The molecule has 23 heavy (non-hydrogen) atoms. The maximum Gasteiger partial charge on any atom is 0.335 e. The van der Waals surface area contributed by atoms with Gasteiger partial charge in [-0.05, 0) is 42.5 Å². The van der Waals surface area contributed by atoms with Crippen molar-refractivity contribution < 1.29 is 19.4 Å². The molecule has 1 N–H and O–H groups in total. The largest absolute Gasteiger partial charge is 0.478 e. The number of ether oxygens (including phenoxy) is 2. The molecule has 0 amide bonds. The van der Waals surface area contributed by atoms with E-state index in [0.717, 1.165) is 22.7 Å². The van der Waals surface area contributed by atoms with Crippen molar-refractivity contribution in [1.82, 2.24) is 9.55 Å². The molecule has 0 aliphatic carbocycles. The third kappa shape index (κ3) is 2.40. The number of fused-ring (bicyclic) bond motifs is 1. The minimum absolute atomic E-state index is 0.239. The van der Waals surface area contributed by atoms with Gasteiger partial charge in [0.15, 0.2) is 11.5 Å². The Morgan fingerprint density at radius 3 is 2.65 bits per heavy atom. The smallest absolute Gasteiger partial charge is 0.335 e. The Morgan fingerprint density at radius 2 is 1.87 bits per heavy atom. The summed E-state index contributed by atoms with van der Waals surface area (Å²) in [5, 5.41) is 8.93. The minimum Gasteiger partial charge on any atom is -0.478 e. The van der Waals surface area contributed by atoms with E-state index in [4.69, 9.17) is 14.6 Å². The molecule has 3 aromatic rings. The Morgan fingerprint density at radius 1 is 1.09 bits per heavy atom. The Bertz CT molecular complexity index is 884. The monoisotopic (exact) mass is 308 g/mol. The molecular formula is C17H12N2O4. The number of carboxylic acid groups (broad SMARTS) is 1. The summed E-state index contributed by atoms with van der Waals surface area (Å²) in [6.45, 7) is 0.239. The highest BCUT2D eigenvalue weighted by Gasteiger charge is 2.15. The van der Waals surface area contributed by atoms with E-state index in [1.165, 1.54) is 0 Å². The molecule has 0 bridgehead atoms. The number of rotatable bonds is 3. The van der Waals surface area contributed by atoms with Crippen molar-refractivity contribution >= 4 is 5.97 Å². The molecule has 0 saturated carbocycles. The van der Waals surface area contributed by atoms with Crippen molar-refractivity contribution in [2.45, 2.75) is 0 Å². The molecule has 0 fully saturated rings. The first-order valence-electron chi connectivity index (χ1n) is 6.98. The molecule has 0 atom stereocenters. The van der Waals surface area contributed by atoms with Crippen LogP contribution in [0.15, 0.2) is 55.0 Å². The number of carbonyl (C=O) groups is 1. The summed E-state index contributed by atoms with van der Waals surface area (Å²) >= 11 is 0. The molecule has 0 unspecified atom stereocenters. The molecule has 2 heterocycles. The quantitative estimate of drug-likeness (QED) is 0.805. The zero-order chi connectivity index (χ0) is 15.8. The summed E-state index contributed by atoms with van der Waals surface area (Å²) in [4.78, 5) is 15.3. The lowest BCUT2D eigenvalue weighted by Gasteiger charge is -2.02. The fourth-order valence-electron chi connectivity index (χ4n) is 2.45. The van der Waals surface area contributed by atoms with Crippen LogP contribution in [0.5, 0.6) is 11.5 Å². The van der Waals surface area contributed by atoms with Crippen LogP contribution in [0.1, 0.15) is 10.4 Å². The second-order valence-corrected chi connectivity index (χ2v) is 5.09. The summed E-state index contributed by atoms with van der Waals surface area (Å²) in [5.41, 5.74) is 2.82. The van der Waals surface area contributed by atoms with E-state index in [9.17, 15) is 4.79 Å². The molecular weight excluding hydrogens is 296 g/mol. The van der Waals surface area contributed by atoms with Gasteiger partial charge in [-0.15, -0.1) is 0 Å². The van der Waals surface area contributed by atoms with Gasteiger partial charge in [0.05, 0.1) is 17.6 Å². The van der Waals surface area contributed by atoms with Crippen LogP contribution in [0, 0.1) is 0 Å². The molecule has 6 nitrogen and oxygen atoms in total. The number of imidazole rings is 1. The lowest BCUT2D eigenvalue weighted by Crippen LogP contribution is -1.97. The van der Waals surface area contributed by atoms with Gasteiger partial charge in [0.25, 0.3) is 0 Å². The van der Waals surface area contributed by atoms with E-state index in [1.54, 1.807) is 30.6 Å². The molecule has 4 rings (SSSR count). The average molecular weight is 308 g/mol. The van der Waals surface area contributed by atoms with Crippen molar-refractivity contribution in [2.24, 2.45) is 0 Å². The van der Waals surface area contributed by atoms with Gasteiger partial charge in [0.1, 0.15) is 0 Å². The van der Waals surface area contributed by atoms with Gasteiger partial charge in [-0.3, -0.25) is 0 Å². The first-order valence-corrected chi connectivity index (χ1v) is 6.98. The SMILES string of the molecule is O=C(O)c1ccc(-n2cnc(-c3ccc4c(c3)OCO4)c2)cc1. The highest BCUT2D eigenvalue weighted by molar-refractivity contribution is 5.87. The van der Waals surface area contributed by atoms with Gasteiger partial charge >= 0.3 is 5.97 Å². The summed E-state index contributed by atoms with van der Waals surface area (Å²) in [7, 11) is 0. The van der Waals surface area contributed by atoms with Crippen LogP contribution in [-0.4, -0.2) is 27.4 Å². The number of aromatic carboxylic acids is 1. The predicted octanol–water partition coefficient (Wildman–Crippen LogP) is 2.97. The summed E-state index contributed by atoms with van der Waals surface area (Å²) in [6, 6.07) is 12.3. The van der Waals surface area contributed by atoms with Gasteiger partial charge in [0.2, 0.25) is 6.79 Å². The predicted molar refractivity (Wildman–Crippen MR) is 82.1 cm³/mol. The van der Waals surface area contributed by atoms with E-state index in [1.807, 2.05) is 29.0 Å². The van der Waals surface area contributed by atoms with E-state index in [-0.39, 0.29) is 12.4 Å². The van der Waals surface area contributed by atoms with Crippen molar-refractivity contribution in [3.05, 3.63) is 60.6 Å². The normalized spacial score (nSPS) is 12.3. The molecule has 1 aliphatic heterocycles. The van der Waals surface area contributed by atoms with Crippen molar-refractivity contribution in [1.29, 1.82) is 0 Å². The van der Waals surface area contributed by atoms with E-state index in [0.29, 0.717) is 5.75 Å². The molecule has 0 saturated heterocycles. The summed E-state index contributed by atoms with van der Waals surface area (Å²) in [6.07, 6.45) is 3.57. The van der Waals surface area contributed by atoms with Crippen LogP contribution in [0.25, 0.3) is 16.9 Å². The molecule has 1 aliphatic rings. The Balaban J connectivity index is 1.65. The molecule has 1 aromatic heterocycles. The van der Waals surface area contributed by atoms with Crippen molar-refractivity contribution in [3.8, 4) is 28.4 Å². The standard InChI is InChI=1S/C17H12N2O4/c20-17(21)11-1-4-13(5-2-11)19-8-14(18-9-19)12-3-6-15-16(7-12)23-10-22-15/h1-9H,10H2,(H,20,21). The van der Waals surface area contributed by atoms with Crippen LogP contribution in [-0.2, 0) is 0 Å². The van der Waals surface area contributed by atoms with Crippen LogP contribution < -0.4 is 9.47 Å². The molecule has 0 radical (unpaired) electrons. The Labute approximate surface area is 131 Å². The number of aromatic nitrogens is 2. The second kappa shape index (κ2) is 5.17. The second-order valence-electron chi connectivity index (χ2n) is 5.09. The third-order valence-electron chi connectivity index (χ3n) is 3.66. The number of nitrogens with zero attached hydrogens (tertiary/aromatic N) is 2. The maximum atomic E-state index is 10.9. The molecule has 2 aromatic carbocycles. The van der Waals surface area contributed by atoms with Gasteiger partial charge in [-0.1, -0.05) is 0 Å². The van der Waals surface area contributed by atoms with Crippen LogP contribution in [0.2, 0.25) is 0 Å². The first kappa shape index (κ1) is 13.4. The van der Waals surface area contributed by atoms with E-state index >= 15 is 0 Å². The van der Waals surface area contributed by atoms with E-state index in [2.05, 4.69) is 4.98 Å². The summed E-state index contributed by atoms with van der Waals surface area (Å²) < 4.78 is 12.5. The lowest BCUT2D eigenvalue weighted by atomic mass is 10.1. The maximum absolute atomic E-state index is 10.9. The average Bonchev–Trinajstić information content (AvgIpc) is 3.23. The number of hydrogen-bond acceptors (Lipinski definition) is 4. The van der Waals surface area contributed by atoms with Gasteiger partial charge < -0.3 is 19.1 Å². The number of benzene rings is 2. The number of hydrogen-bond donors (Lipinski definition) is 1. The van der Waals surface area contributed by atoms with Crippen molar-refractivity contribution in [2.75, 3.05) is 6.79 Å². The van der Waals surface area contributed by atoms with Crippen LogP contribution >= 0.6 is 0 Å². The van der Waals surface area contributed by atoms with Crippen molar-refractivity contribution in [3.63, 3.8) is 0 Å². The Hall–Kier alpha value is -3.28. The Kier molecular flexibility index (Phi) is 3.01. The van der Waals surface area contributed by atoms with Gasteiger partial charge in [0, 0.05) is 17.4 Å². The first-order chi connectivity index (χ1) is 11.2. The van der Waals surface area contributed by atoms with Crippen LogP contribution in [0.4, 0.5) is 0 Å². The summed E-state index contributed by atoms with van der Waals surface area (Å²) in [5.74, 6) is 0.503. The molecule has 0 spiro atoms. The van der Waals surface area contributed by atoms with Gasteiger partial charge in [-0.25, -0.2) is 9.78 Å². The highest BCUT2D eigenvalue weighted by Crippen LogP contribution is 2.35.